The predicted molar refractivity (Wildman–Crippen MR) is 69.8 cm³/mol. The molecule has 0 aromatic heterocycles. The molecule has 0 radical (unpaired) electrons. The number of hydrazine groups is 1. The molecule has 1 heterocycles. The number of ether oxygens (including phenoxy) is 1. The third-order valence-electron chi connectivity index (χ3n) is 3.66. The van der Waals surface area contributed by atoms with E-state index in [2.05, 4.69) is 37.5 Å². The van der Waals surface area contributed by atoms with E-state index in [1.54, 1.807) is 0 Å². The maximum atomic E-state index is 5.73. The lowest BCUT2D eigenvalue weighted by Crippen LogP contribution is -2.29. The maximum Gasteiger partial charge on any atom is 0.127 e. The fourth-order valence-electron chi connectivity index (χ4n) is 2.37. The van der Waals surface area contributed by atoms with Crippen molar-refractivity contribution < 1.29 is 4.74 Å². The van der Waals surface area contributed by atoms with Crippen LogP contribution in [0, 0.1) is 5.92 Å². The average molecular weight is 234 g/mol. The molecule has 0 spiro atoms. The van der Waals surface area contributed by atoms with Gasteiger partial charge >= 0.3 is 0 Å². The standard InChI is InChI=1S/C14H22N2O/c1-3-10(2)9-13(16-15)12-6-4-5-11-7-8-17-14(11)12/h4-6,10,13,16H,3,7-9,15H2,1-2H3. The summed E-state index contributed by atoms with van der Waals surface area (Å²) < 4.78 is 5.73. The average Bonchev–Trinajstić information content (AvgIpc) is 2.83. The summed E-state index contributed by atoms with van der Waals surface area (Å²) in [7, 11) is 0. The highest BCUT2D eigenvalue weighted by atomic mass is 16.5. The topological polar surface area (TPSA) is 47.3 Å². The predicted octanol–water partition coefficient (Wildman–Crippen LogP) is 2.56. The Morgan fingerprint density at radius 1 is 1.47 bits per heavy atom. The third-order valence-corrected chi connectivity index (χ3v) is 3.66. The maximum absolute atomic E-state index is 5.73. The smallest absolute Gasteiger partial charge is 0.127 e. The van der Waals surface area contributed by atoms with Gasteiger partial charge in [-0.2, -0.15) is 0 Å². The van der Waals surface area contributed by atoms with Crippen LogP contribution in [-0.2, 0) is 6.42 Å². The fourth-order valence-corrected chi connectivity index (χ4v) is 2.37. The summed E-state index contributed by atoms with van der Waals surface area (Å²) in [5, 5.41) is 0. The van der Waals surface area contributed by atoms with Crippen LogP contribution in [0.3, 0.4) is 0 Å². The van der Waals surface area contributed by atoms with Crippen molar-refractivity contribution in [2.45, 2.75) is 39.2 Å². The first-order valence-corrected chi connectivity index (χ1v) is 6.47. The van der Waals surface area contributed by atoms with Crippen molar-refractivity contribution >= 4 is 0 Å². The van der Waals surface area contributed by atoms with Crippen molar-refractivity contribution in [2.24, 2.45) is 11.8 Å². The van der Waals surface area contributed by atoms with E-state index in [4.69, 9.17) is 10.6 Å². The molecule has 2 rings (SSSR count). The monoisotopic (exact) mass is 234 g/mol. The van der Waals surface area contributed by atoms with Gasteiger partial charge in [0.25, 0.3) is 0 Å². The van der Waals surface area contributed by atoms with E-state index in [-0.39, 0.29) is 6.04 Å². The van der Waals surface area contributed by atoms with Crippen LogP contribution >= 0.6 is 0 Å². The lowest BCUT2D eigenvalue weighted by molar-refractivity contribution is 0.340. The van der Waals surface area contributed by atoms with Crippen molar-refractivity contribution in [1.29, 1.82) is 0 Å². The highest BCUT2D eigenvalue weighted by molar-refractivity contribution is 5.45. The van der Waals surface area contributed by atoms with Crippen molar-refractivity contribution in [1.82, 2.24) is 5.43 Å². The van der Waals surface area contributed by atoms with Gasteiger partial charge in [0.2, 0.25) is 0 Å². The lowest BCUT2D eigenvalue weighted by atomic mass is 9.93. The Labute approximate surface area is 103 Å². The SMILES string of the molecule is CCC(C)CC(NN)c1cccc2c1OCC2. The Hall–Kier alpha value is -1.06. The number of hydrogen-bond donors (Lipinski definition) is 2. The summed E-state index contributed by atoms with van der Waals surface area (Å²) in [6.45, 7) is 5.27. The summed E-state index contributed by atoms with van der Waals surface area (Å²) in [6.07, 6.45) is 3.24. The molecule has 0 amide bonds. The van der Waals surface area contributed by atoms with Gasteiger partial charge in [0.05, 0.1) is 6.61 Å². The van der Waals surface area contributed by atoms with E-state index < -0.39 is 0 Å². The Balaban J connectivity index is 2.22. The molecule has 3 heteroatoms. The molecule has 3 nitrogen and oxygen atoms in total. The highest BCUT2D eigenvalue weighted by Crippen LogP contribution is 2.35. The first kappa shape index (κ1) is 12.4. The van der Waals surface area contributed by atoms with Crippen LogP contribution in [0.5, 0.6) is 5.75 Å². The number of hydrogen-bond acceptors (Lipinski definition) is 3. The van der Waals surface area contributed by atoms with Gasteiger partial charge in [-0.1, -0.05) is 38.5 Å². The van der Waals surface area contributed by atoms with Crippen molar-refractivity contribution in [3.63, 3.8) is 0 Å². The van der Waals surface area contributed by atoms with E-state index in [0.29, 0.717) is 5.92 Å². The quantitative estimate of drug-likeness (QED) is 0.608. The van der Waals surface area contributed by atoms with Crippen LogP contribution in [-0.4, -0.2) is 6.61 Å². The Bertz CT molecular complexity index is 378. The van der Waals surface area contributed by atoms with Crippen molar-refractivity contribution in [2.75, 3.05) is 6.61 Å². The highest BCUT2D eigenvalue weighted by Gasteiger charge is 2.22. The number of fused-ring (bicyclic) bond motifs is 1. The molecule has 0 aliphatic carbocycles. The Kier molecular flexibility index (Phi) is 4.02. The second-order valence-electron chi connectivity index (χ2n) is 4.90. The Morgan fingerprint density at radius 3 is 3.00 bits per heavy atom. The summed E-state index contributed by atoms with van der Waals surface area (Å²) >= 11 is 0. The van der Waals surface area contributed by atoms with E-state index >= 15 is 0 Å². The zero-order valence-electron chi connectivity index (χ0n) is 10.7. The molecule has 0 saturated carbocycles. The van der Waals surface area contributed by atoms with Gasteiger partial charge in [-0.25, -0.2) is 0 Å². The number of nitrogens with one attached hydrogen (secondary N) is 1. The van der Waals surface area contributed by atoms with Gasteiger partial charge in [0.1, 0.15) is 5.75 Å². The first-order chi connectivity index (χ1) is 8.26. The molecule has 2 unspecified atom stereocenters. The largest absolute Gasteiger partial charge is 0.493 e. The molecular formula is C14H22N2O. The van der Waals surface area contributed by atoms with Gasteiger partial charge in [0, 0.05) is 18.0 Å². The van der Waals surface area contributed by atoms with E-state index in [0.717, 1.165) is 25.2 Å². The van der Waals surface area contributed by atoms with Crippen LogP contribution < -0.4 is 16.0 Å². The zero-order valence-corrected chi connectivity index (χ0v) is 10.7. The summed E-state index contributed by atoms with van der Waals surface area (Å²) in [5.74, 6) is 7.41. The molecule has 0 saturated heterocycles. The van der Waals surface area contributed by atoms with Crippen LogP contribution in [0.1, 0.15) is 43.9 Å². The van der Waals surface area contributed by atoms with Crippen molar-refractivity contribution in [3.8, 4) is 5.75 Å². The first-order valence-electron chi connectivity index (χ1n) is 6.47. The third kappa shape index (κ3) is 2.61. The summed E-state index contributed by atoms with van der Waals surface area (Å²) in [5.41, 5.74) is 5.46. The van der Waals surface area contributed by atoms with Crippen LogP contribution in [0.15, 0.2) is 18.2 Å². The fraction of sp³-hybridized carbons (Fsp3) is 0.571. The molecule has 1 aromatic rings. The second kappa shape index (κ2) is 5.52. The van der Waals surface area contributed by atoms with Gasteiger partial charge in [-0.15, -0.1) is 0 Å². The van der Waals surface area contributed by atoms with Crippen LogP contribution in [0.2, 0.25) is 0 Å². The molecule has 2 atom stereocenters. The minimum absolute atomic E-state index is 0.193. The van der Waals surface area contributed by atoms with Crippen molar-refractivity contribution in [3.05, 3.63) is 29.3 Å². The van der Waals surface area contributed by atoms with E-state index in [1.807, 2.05) is 0 Å². The molecular weight excluding hydrogens is 212 g/mol. The van der Waals surface area contributed by atoms with Crippen LogP contribution in [0.4, 0.5) is 0 Å². The molecule has 17 heavy (non-hydrogen) atoms. The van der Waals surface area contributed by atoms with Gasteiger partial charge in [-0.3, -0.25) is 11.3 Å². The van der Waals surface area contributed by atoms with Gasteiger partial charge < -0.3 is 4.74 Å². The number of para-hydroxylation sites is 1. The summed E-state index contributed by atoms with van der Waals surface area (Å²) in [4.78, 5) is 0. The molecule has 0 fully saturated rings. The molecule has 1 aliphatic heterocycles. The van der Waals surface area contributed by atoms with Gasteiger partial charge in [-0.05, 0) is 17.9 Å². The zero-order chi connectivity index (χ0) is 12.3. The second-order valence-corrected chi connectivity index (χ2v) is 4.90. The molecule has 3 N–H and O–H groups in total. The van der Waals surface area contributed by atoms with E-state index in [1.165, 1.54) is 17.5 Å². The molecule has 0 bridgehead atoms. The number of rotatable bonds is 5. The number of benzene rings is 1. The molecule has 94 valence electrons. The molecule has 1 aliphatic rings. The number of nitrogens with two attached hydrogens (primary N) is 1. The minimum Gasteiger partial charge on any atom is -0.493 e. The minimum atomic E-state index is 0.193. The normalized spacial score (nSPS) is 17.4. The molecule has 1 aromatic carbocycles. The lowest BCUT2D eigenvalue weighted by Gasteiger charge is -2.21. The van der Waals surface area contributed by atoms with Crippen LogP contribution in [0.25, 0.3) is 0 Å². The Morgan fingerprint density at radius 2 is 2.29 bits per heavy atom. The summed E-state index contributed by atoms with van der Waals surface area (Å²) in [6, 6.07) is 6.56. The van der Waals surface area contributed by atoms with E-state index in [9.17, 15) is 0 Å². The van der Waals surface area contributed by atoms with Gasteiger partial charge in [0.15, 0.2) is 0 Å².